The Balaban J connectivity index is 1.70. The summed E-state index contributed by atoms with van der Waals surface area (Å²) < 4.78 is 5.70. The van der Waals surface area contributed by atoms with Crippen LogP contribution in [0.4, 0.5) is 0 Å². The van der Waals surface area contributed by atoms with Gasteiger partial charge in [0.2, 0.25) is 5.78 Å². The van der Waals surface area contributed by atoms with Gasteiger partial charge in [0.15, 0.2) is 11.3 Å². The van der Waals surface area contributed by atoms with Gasteiger partial charge in [-0.2, -0.15) is 0 Å². The van der Waals surface area contributed by atoms with E-state index in [0.29, 0.717) is 22.3 Å². The molecule has 2 saturated carbocycles. The van der Waals surface area contributed by atoms with Crippen LogP contribution < -0.4 is 0 Å². The lowest BCUT2D eigenvalue weighted by molar-refractivity contribution is 0.0848. The molecule has 0 N–H and O–H groups in total. The van der Waals surface area contributed by atoms with Crippen LogP contribution in [0.1, 0.15) is 36.2 Å². The smallest absolute Gasteiger partial charge is 0.201 e. The average molecular weight is 275 g/mol. The topological polar surface area (TPSA) is 30.2 Å². The van der Waals surface area contributed by atoms with Crippen LogP contribution in [0.5, 0.6) is 0 Å². The minimum Gasteiger partial charge on any atom is -0.451 e. The fourth-order valence-electron chi connectivity index (χ4n) is 3.90. The first-order valence-electron chi connectivity index (χ1n) is 6.94. The molecule has 2 bridgehead atoms. The molecule has 4 rings (SSSR count). The van der Waals surface area contributed by atoms with Crippen LogP contribution in [0.2, 0.25) is 5.02 Å². The van der Waals surface area contributed by atoms with Crippen molar-refractivity contribution >= 4 is 28.4 Å². The van der Waals surface area contributed by atoms with Crippen molar-refractivity contribution in [3.8, 4) is 0 Å². The van der Waals surface area contributed by atoms with Crippen molar-refractivity contribution in [1.29, 1.82) is 0 Å². The fraction of sp³-hybridized carbons (Fsp3) is 0.438. The highest BCUT2D eigenvalue weighted by Gasteiger charge is 2.43. The molecule has 0 aliphatic heterocycles. The van der Waals surface area contributed by atoms with Crippen LogP contribution in [0.3, 0.4) is 0 Å². The standard InChI is InChI=1S/C16H15ClO2/c17-13-3-1-2-11-8-14(19-16(11)13)15(18)12-7-9-4-5-10(12)6-9/h1-3,8-10,12H,4-7H2. The lowest BCUT2D eigenvalue weighted by Crippen LogP contribution is -2.20. The van der Waals surface area contributed by atoms with Crippen molar-refractivity contribution < 1.29 is 9.21 Å². The van der Waals surface area contributed by atoms with Gasteiger partial charge in [-0.15, -0.1) is 0 Å². The summed E-state index contributed by atoms with van der Waals surface area (Å²) in [5.74, 6) is 2.20. The Morgan fingerprint density at radius 2 is 2.16 bits per heavy atom. The molecule has 0 saturated heterocycles. The largest absolute Gasteiger partial charge is 0.451 e. The summed E-state index contributed by atoms with van der Waals surface area (Å²) in [5.41, 5.74) is 0.635. The molecule has 3 unspecified atom stereocenters. The number of ketones is 1. The molecule has 19 heavy (non-hydrogen) atoms. The van der Waals surface area contributed by atoms with Gasteiger partial charge in [0.05, 0.1) is 5.02 Å². The minimum atomic E-state index is 0.179. The maximum Gasteiger partial charge on any atom is 0.201 e. The number of Topliss-reactive ketones (excluding diaryl/α,β-unsaturated/α-hetero) is 1. The zero-order chi connectivity index (χ0) is 13.0. The van der Waals surface area contributed by atoms with Gasteiger partial charge in [0.1, 0.15) is 0 Å². The molecule has 3 atom stereocenters. The molecule has 2 aromatic rings. The Labute approximate surface area is 116 Å². The molecule has 1 heterocycles. The average Bonchev–Trinajstić information content (AvgIpc) is 3.12. The fourth-order valence-corrected chi connectivity index (χ4v) is 4.12. The second-order valence-corrected chi connectivity index (χ2v) is 6.32. The molecule has 0 spiro atoms. The van der Waals surface area contributed by atoms with Gasteiger partial charge in [-0.25, -0.2) is 0 Å². The SMILES string of the molecule is O=C(c1cc2cccc(Cl)c2o1)C1CC2CCC1C2. The van der Waals surface area contributed by atoms with E-state index in [1.165, 1.54) is 19.3 Å². The normalized spacial score (nSPS) is 29.2. The molecule has 2 fully saturated rings. The van der Waals surface area contributed by atoms with Gasteiger partial charge in [-0.05, 0) is 43.2 Å². The van der Waals surface area contributed by atoms with E-state index in [-0.39, 0.29) is 11.7 Å². The van der Waals surface area contributed by atoms with Gasteiger partial charge < -0.3 is 4.42 Å². The first-order chi connectivity index (χ1) is 9.22. The number of rotatable bonds is 2. The summed E-state index contributed by atoms with van der Waals surface area (Å²) in [6.07, 6.45) is 4.80. The zero-order valence-electron chi connectivity index (χ0n) is 10.6. The predicted molar refractivity (Wildman–Crippen MR) is 74.5 cm³/mol. The Morgan fingerprint density at radius 3 is 2.84 bits per heavy atom. The second kappa shape index (κ2) is 4.11. The summed E-state index contributed by atoms with van der Waals surface area (Å²) in [4.78, 5) is 12.6. The van der Waals surface area contributed by atoms with Crippen LogP contribution in [0, 0.1) is 17.8 Å². The number of hydrogen-bond acceptors (Lipinski definition) is 2. The van der Waals surface area contributed by atoms with E-state index in [2.05, 4.69) is 0 Å². The van der Waals surface area contributed by atoms with E-state index < -0.39 is 0 Å². The lowest BCUT2D eigenvalue weighted by atomic mass is 9.85. The van der Waals surface area contributed by atoms with E-state index >= 15 is 0 Å². The third-order valence-corrected chi connectivity index (χ3v) is 5.11. The maximum atomic E-state index is 12.6. The molecule has 0 radical (unpaired) electrons. The Kier molecular flexibility index (Phi) is 2.49. The molecular weight excluding hydrogens is 260 g/mol. The summed E-state index contributed by atoms with van der Waals surface area (Å²) >= 11 is 6.09. The highest BCUT2D eigenvalue weighted by molar-refractivity contribution is 6.34. The zero-order valence-corrected chi connectivity index (χ0v) is 11.3. The summed E-state index contributed by atoms with van der Waals surface area (Å²) in [6.45, 7) is 0. The van der Waals surface area contributed by atoms with Crippen molar-refractivity contribution in [2.75, 3.05) is 0 Å². The molecular formula is C16H15ClO2. The third-order valence-electron chi connectivity index (χ3n) is 4.81. The van der Waals surface area contributed by atoms with Crippen molar-refractivity contribution in [3.63, 3.8) is 0 Å². The van der Waals surface area contributed by atoms with Crippen LogP contribution in [0.15, 0.2) is 28.7 Å². The number of hydrogen-bond donors (Lipinski definition) is 0. The first kappa shape index (κ1) is 11.5. The molecule has 2 aliphatic rings. The Hall–Kier alpha value is -1.28. The lowest BCUT2D eigenvalue weighted by Gasteiger charge is -2.18. The van der Waals surface area contributed by atoms with Gasteiger partial charge in [0.25, 0.3) is 0 Å². The Morgan fingerprint density at radius 1 is 1.26 bits per heavy atom. The monoisotopic (exact) mass is 274 g/mol. The second-order valence-electron chi connectivity index (χ2n) is 5.91. The molecule has 0 amide bonds. The summed E-state index contributed by atoms with van der Waals surface area (Å²) in [5, 5.41) is 1.49. The highest BCUT2D eigenvalue weighted by atomic mass is 35.5. The van der Waals surface area contributed by atoms with E-state index in [9.17, 15) is 4.79 Å². The Bertz CT molecular complexity index is 658. The number of para-hydroxylation sites is 1. The van der Waals surface area contributed by atoms with E-state index in [4.69, 9.17) is 16.0 Å². The molecule has 1 aromatic carbocycles. The molecule has 2 aliphatic carbocycles. The van der Waals surface area contributed by atoms with Gasteiger partial charge in [-0.3, -0.25) is 4.79 Å². The third kappa shape index (κ3) is 1.73. The molecule has 98 valence electrons. The van der Waals surface area contributed by atoms with E-state index in [1.54, 1.807) is 6.07 Å². The first-order valence-corrected chi connectivity index (χ1v) is 7.32. The number of carbonyl (C=O) groups excluding carboxylic acids is 1. The van der Waals surface area contributed by atoms with Crippen molar-refractivity contribution in [2.24, 2.45) is 17.8 Å². The highest BCUT2D eigenvalue weighted by Crippen LogP contribution is 2.49. The van der Waals surface area contributed by atoms with Crippen molar-refractivity contribution in [2.45, 2.75) is 25.7 Å². The summed E-state index contributed by atoms with van der Waals surface area (Å²) in [6, 6.07) is 7.45. The van der Waals surface area contributed by atoms with E-state index in [0.717, 1.165) is 17.7 Å². The van der Waals surface area contributed by atoms with Crippen molar-refractivity contribution in [1.82, 2.24) is 0 Å². The number of fused-ring (bicyclic) bond motifs is 3. The number of benzene rings is 1. The quantitative estimate of drug-likeness (QED) is 0.743. The number of carbonyl (C=O) groups is 1. The van der Waals surface area contributed by atoms with Crippen LogP contribution in [-0.4, -0.2) is 5.78 Å². The summed E-state index contributed by atoms with van der Waals surface area (Å²) in [7, 11) is 0. The van der Waals surface area contributed by atoms with Crippen molar-refractivity contribution in [3.05, 3.63) is 35.0 Å². The van der Waals surface area contributed by atoms with E-state index in [1.807, 2.05) is 18.2 Å². The van der Waals surface area contributed by atoms with Gasteiger partial charge in [-0.1, -0.05) is 30.2 Å². The number of furan rings is 1. The van der Waals surface area contributed by atoms with Crippen LogP contribution >= 0.6 is 11.6 Å². The van der Waals surface area contributed by atoms with Gasteiger partial charge in [0, 0.05) is 11.3 Å². The molecule has 2 nitrogen and oxygen atoms in total. The minimum absolute atomic E-state index is 0.179. The predicted octanol–water partition coefficient (Wildman–Crippen LogP) is 4.71. The van der Waals surface area contributed by atoms with Crippen LogP contribution in [-0.2, 0) is 0 Å². The van der Waals surface area contributed by atoms with Gasteiger partial charge >= 0.3 is 0 Å². The molecule has 1 aromatic heterocycles. The number of halogens is 1. The molecule has 3 heteroatoms. The maximum absolute atomic E-state index is 12.6. The van der Waals surface area contributed by atoms with Crippen LogP contribution in [0.25, 0.3) is 11.0 Å².